The highest BCUT2D eigenvalue weighted by Crippen LogP contribution is 2.23. The molecular formula is C17H24ClNO2. The van der Waals surface area contributed by atoms with Crippen LogP contribution < -0.4 is 0 Å². The molecular weight excluding hydrogens is 286 g/mol. The Morgan fingerprint density at radius 2 is 1.81 bits per heavy atom. The third-order valence-electron chi connectivity index (χ3n) is 3.62. The summed E-state index contributed by atoms with van der Waals surface area (Å²) in [7, 11) is 0. The first-order chi connectivity index (χ1) is 10.2. The lowest BCUT2D eigenvalue weighted by Gasteiger charge is -2.29. The highest BCUT2D eigenvalue weighted by Gasteiger charge is 2.17. The normalized spacial score (nSPS) is 16.3. The Morgan fingerprint density at radius 1 is 1.14 bits per heavy atom. The summed E-state index contributed by atoms with van der Waals surface area (Å²) in [5.74, 6) is 0. The maximum absolute atomic E-state index is 5.93. The summed E-state index contributed by atoms with van der Waals surface area (Å²) in [6.07, 6.45) is 3.22. The Morgan fingerprint density at radius 3 is 2.33 bits per heavy atom. The molecule has 0 unspecified atom stereocenters. The van der Waals surface area contributed by atoms with Gasteiger partial charge in [0, 0.05) is 37.9 Å². The lowest BCUT2D eigenvalue weighted by Crippen LogP contribution is -2.38. The van der Waals surface area contributed by atoms with Gasteiger partial charge in [-0.1, -0.05) is 29.8 Å². The highest BCUT2D eigenvalue weighted by atomic mass is 35.5. The van der Waals surface area contributed by atoms with Crippen LogP contribution in [0.1, 0.15) is 25.8 Å². The fraction of sp³-hybridized carbons (Fsp3) is 0.529. The van der Waals surface area contributed by atoms with Crippen LogP contribution in [-0.4, -0.2) is 44.0 Å². The first-order valence-corrected chi connectivity index (χ1v) is 8.01. The summed E-state index contributed by atoms with van der Waals surface area (Å²) >= 11 is 5.93. The van der Waals surface area contributed by atoms with Crippen molar-refractivity contribution in [3.8, 4) is 0 Å². The molecule has 1 aromatic rings. The van der Waals surface area contributed by atoms with Crippen molar-refractivity contribution < 1.29 is 9.47 Å². The lowest BCUT2D eigenvalue weighted by atomic mass is 9.99. The van der Waals surface area contributed by atoms with Crippen molar-refractivity contribution in [2.24, 2.45) is 0 Å². The molecule has 116 valence electrons. The number of benzene rings is 1. The number of halogens is 1. The quantitative estimate of drug-likeness (QED) is 0.715. The molecule has 3 nitrogen and oxygen atoms in total. The summed E-state index contributed by atoms with van der Waals surface area (Å²) in [5, 5.41) is 0.785. The molecule has 0 spiro atoms. The average molecular weight is 310 g/mol. The third kappa shape index (κ3) is 5.11. The molecule has 0 atom stereocenters. The fourth-order valence-corrected chi connectivity index (χ4v) is 2.67. The van der Waals surface area contributed by atoms with E-state index in [1.54, 1.807) is 0 Å². The minimum Gasteiger partial charge on any atom is -0.352 e. The van der Waals surface area contributed by atoms with Gasteiger partial charge in [0.05, 0.1) is 0 Å². The van der Waals surface area contributed by atoms with Gasteiger partial charge in [0.25, 0.3) is 0 Å². The van der Waals surface area contributed by atoms with Gasteiger partial charge in [-0.2, -0.15) is 0 Å². The molecule has 2 rings (SSSR count). The molecule has 0 N–H and O–H groups in total. The molecule has 0 radical (unpaired) electrons. The van der Waals surface area contributed by atoms with E-state index in [0.29, 0.717) is 13.2 Å². The van der Waals surface area contributed by atoms with Crippen molar-refractivity contribution in [3.63, 3.8) is 0 Å². The molecule has 1 aliphatic heterocycles. The smallest absolute Gasteiger partial charge is 0.170 e. The van der Waals surface area contributed by atoms with Crippen LogP contribution in [0.15, 0.2) is 30.3 Å². The minimum absolute atomic E-state index is 0.120. The second-order valence-electron chi connectivity index (χ2n) is 5.09. The van der Waals surface area contributed by atoms with E-state index in [-0.39, 0.29) is 6.29 Å². The SMILES string of the molecule is CCOC(CN1CC=C(c2ccc(Cl)cc2)CC1)OCC. The standard InChI is InChI=1S/C17H24ClNO2/c1-3-20-17(21-4-2)13-19-11-9-15(10-12-19)14-5-7-16(18)8-6-14/h5-9,17H,3-4,10-13H2,1-2H3. The van der Waals surface area contributed by atoms with Gasteiger partial charge in [-0.3, -0.25) is 4.90 Å². The Kier molecular flexibility index (Phi) is 6.71. The zero-order valence-electron chi connectivity index (χ0n) is 12.8. The summed E-state index contributed by atoms with van der Waals surface area (Å²) in [6.45, 7) is 8.17. The van der Waals surface area contributed by atoms with E-state index in [0.717, 1.165) is 31.1 Å². The first-order valence-electron chi connectivity index (χ1n) is 7.63. The molecule has 0 bridgehead atoms. The van der Waals surface area contributed by atoms with Crippen molar-refractivity contribution in [2.75, 3.05) is 32.8 Å². The molecule has 0 aromatic heterocycles. The lowest BCUT2D eigenvalue weighted by molar-refractivity contribution is -0.146. The maximum atomic E-state index is 5.93. The van der Waals surface area contributed by atoms with Crippen LogP contribution in [0.2, 0.25) is 5.02 Å². The van der Waals surface area contributed by atoms with Crippen LogP contribution in [-0.2, 0) is 9.47 Å². The van der Waals surface area contributed by atoms with Gasteiger partial charge in [0.1, 0.15) is 0 Å². The molecule has 1 heterocycles. The van der Waals surface area contributed by atoms with Gasteiger partial charge >= 0.3 is 0 Å². The van der Waals surface area contributed by atoms with Crippen molar-refractivity contribution in [2.45, 2.75) is 26.6 Å². The van der Waals surface area contributed by atoms with E-state index >= 15 is 0 Å². The van der Waals surface area contributed by atoms with E-state index in [2.05, 4.69) is 23.1 Å². The van der Waals surface area contributed by atoms with Crippen LogP contribution in [0, 0.1) is 0 Å². The molecule has 0 saturated carbocycles. The Bertz CT molecular complexity index is 452. The average Bonchev–Trinajstić information content (AvgIpc) is 2.49. The summed E-state index contributed by atoms with van der Waals surface area (Å²) in [5.41, 5.74) is 2.66. The van der Waals surface area contributed by atoms with Crippen molar-refractivity contribution in [3.05, 3.63) is 40.9 Å². The Balaban J connectivity index is 1.90. The molecule has 4 heteroatoms. The van der Waals surface area contributed by atoms with Crippen molar-refractivity contribution in [1.29, 1.82) is 0 Å². The van der Waals surface area contributed by atoms with Crippen LogP contribution in [0.25, 0.3) is 5.57 Å². The summed E-state index contributed by atoms with van der Waals surface area (Å²) in [6, 6.07) is 8.08. The van der Waals surface area contributed by atoms with Crippen molar-refractivity contribution >= 4 is 17.2 Å². The monoisotopic (exact) mass is 309 g/mol. The highest BCUT2D eigenvalue weighted by molar-refractivity contribution is 6.30. The van der Waals surface area contributed by atoms with Gasteiger partial charge in [0.2, 0.25) is 0 Å². The van der Waals surface area contributed by atoms with Crippen LogP contribution in [0.4, 0.5) is 0 Å². The van der Waals surface area contributed by atoms with Gasteiger partial charge in [-0.25, -0.2) is 0 Å². The molecule has 21 heavy (non-hydrogen) atoms. The molecule has 0 aliphatic carbocycles. The van der Waals surface area contributed by atoms with E-state index in [1.165, 1.54) is 11.1 Å². The second-order valence-corrected chi connectivity index (χ2v) is 5.52. The Labute approximate surface area is 132 Å². The summed E-state index contributed by atoms with van der Waals surface area (Å²) < 4.78 is 11.2. The van der Waals surface area contributed by atoms with Crippen LogP contribution in [0.5, 0.6) is 0 Å². The minimum atomic E-state index is -0.120. The number of hydrogen-bond donors (Lipinski definition) is 0. The first kappa shape index (κ1) is 16.5. The largest absolute Gasteiger partial charge is 0.352 e. The maximum Gasteiger partial charge on any atom is 0.170 e. The molecule has 1 aliphatic rings. The van der Waals surface area contributed by atoms with E-state index in [4.69, 9.17) is 21.1 Å². The number of nitrogens with zero attached hydrogens (tertiary/aromatic N) is 1. The molecule has 1 aromatic carbocycles. The topological polar surface area (TPSA) is 21.7 Å². The Hall–Kier alpha value is -0.870. The molecule has 0 amide bonds. The van der Waals surface area contributed by atoms with E-state index in [1.807, 2.05) is 26.0 Å². The van der Waals surface area contributed by atoms with Gasteiger partial charge in [0.15, 0.2) is 6.29 Å². The zero-order valence-corrected chi connectivity index (χ0v) is 13.6. The molecule has 0 fully saturated rings. The number of hydrogen-bond acceptors (Lipinski definition) is 3. The second kappa shape index (κ2) is 8.54. The predicted molar refractivity (Wildman–Crippen MR) is 87.5 cm³/mol. The van der Waals surface area contributed by atoms with Gasteiger partial charge in [-0.15, -0.1) is 0 Å². The number of ether oxygens (including phenoxy) is 2. The van der Waals surface area contributed by atoms with Crippen LogP contribution >= 0.6 is 11.6 Å². The van der Waals surface area contributed by atoms with E-state index in [9.17, 15) is 0 Å². The van der Waals surface area contributed by atoms with Gasteiger partial charge in [-0.05, 0) is 43.5 Å². The fourth-order valence-electron chi connectivity index (χ4n) is 2.54. The molecule has 0 saturated heterocycles. The predicted octanol–water partition coefficient (Wildman–Crippen LogP) is 3.83. The van der Waals surface area contributed by atoms with E-state index < -0.39 is 0 Å². The van der Waals surface area contributed by atoms with Crippen molar-refractivity contribution in [1.82, 2.24) is 4.90 Å². The zero-order chi connectivity index (χ0) is 15.1. The summed E-state index contributed by atoms with van der Waals surface area (Å²) in [4.78, 5) is 2.37. The number of rotatable bonds is 7. The third-order valence-corrected chi connectivity index (χ3v) is 3.87. The van der Waals surface area contributed by atoms with Crippen LogP contribution in [0.3, 0.4) is 0 Å². The van der Waals surface area contributed by atoms with Gasteiger partial charge < -0.3 is 9.47 Å².